The molecule has 0 atom stereocenters. The monoisotopic (exact) mass is 822 g/mol. The molecule has 11 N–H and O–H groups in total. The average molecular weight is 823 g/mol. The van der Waals surface area contributed by atoms with Gasteiger partial charge in [0, 0.05) is 18.2 Å². The van der Waals surface area contributed by atoms with Gasteiger partial charge in [-0.3, -0.25) is 18.2 Å². The first-order chi connectivity index (χ1) is 21.7. The van der Waals surface area contributed by atoms with E-state index in [4.69, 9.17) is 0 Å². The highest BCUT2D eigenvalue weighted by Crippen LogP contribution is 2.50. The van der Waals surface area contributed by atoms with E-state index in [9.17, 15) is 104 Å². The minimum atomic E-state index is -6.30. The summed E-state index contributed by atoms with van der Waals surface area (Å²) in [6.07, 6.45) is 0. The molecular formula is C18H14O25S6. The Balaban J connectivity index is 2.35. The maximum absolute atomic E-state index is 13.0. The van der Waals surface area contributed by atoms with Crippen LogP contribution in [0.2, 0.25) is 0 Å². The van der Waals surface area contributed by atoms with Crippen molar-refractivity contribution in [3.05, 3.63) is 18.2 Å². The molecule has 0 aliphatic rings. The summed E-state index contributed by atoms with van der Waals surface area (Å²) in [7, 11) is -36.3. The molecule has 0 amide bonds. The topological polar surface area (TPSA) is 446 Å². The highest BCUT2D eigenvalue weighted by Gasteiger charge is 2.41. The Labute approximate surface area is 272 Å². The van der Waals surface area contributed by atoms with Gasteiger partial charge in [0.25, 0.3) is 20.2 Å². The lowest BCUT2D eigenvalue weighted by molar-refractivity contribution is 0.356. The Kier molecular flexibility index (Phi) is 9.33. The molecule has 0 bridgehead atoms. The average Bonchev–Trinajstić information content (AvgIpc) is 2.86. The smallest absolute Gasteiger partial charge is 0.346 e. The third-order valence-corrected chi connectivity index (χ3v) is 11.5. The summed E-state index contributed by atoms with van der Waals surface area (Å²) >= 11 is 0. The Bertz CT molecular complexity index is 2620. The molecule has 0 aliphatic carbocycles. The number of aromatic hydroxyl groups is 7. The fourth-order valence-electron chi connectivity index (χ4n) is 3.55. The second kappa shape index (κ2) is 11.8. The Morgan fingerprint density at radius 3 is 1.02 bits per heavy atom. The zero-order valence-corrected chi connectivity index (χ0v) is 27.2. The van der Waals surface area contributed by atoms with E-state index in [0.717, 1.165) is 0 Å². The van der Waals surface area contributed by atoms with Crippen LogP contribution in [0.15, 0.2) is 47.6 Å². The van der Waals surface area contributed by atoms with E-state index in [-0.39, 0.29) is 12.1 Å². The molecule has 272 valence electrons. The summed E-state index contributed by atoms with van der Waals surface area (Å²) in [6.45, 7) is 0. The summed E-state index contributed by atoms with van der Waals surface area (Å²) in [5.74, 6) is -18.7. The fourth-order valence-corrected chi connectivity index (χ4v) is 8.84. The van der Waals surface area contributed by atoms with Crippen LogP contribution in [-0.4, -0.2) is 104 Å². The first kappa shape index (κ1) is 38.8. The van der Waals surface area contributed by atoms with Crippen LogP contribution < -0.4 is 8.37 Å². The molecule has 3 rings (SSSR count). The lowest BCUT2D eigenvalue weighted by Crippen LogP contribution is -2.18. The van der Waals surface area contributed by atoms with E-state index in [0.29, 0.717) is 0 Å². The maximum Gasteiger partial charge on any atom is 0.346 e. The summed E-state index contributed by atoms with van der Waals surface area (Å²) in [4.78, 5) is -12.9. The van der Waals surface area contributed by atoms with Crippen molar-refractivity contribution in [2.24, 2.45) is 0 Å². The molecule has 31 heteroatoms. The molecule has 0 fully saturated rings. The van der Waals surface area contributed by atoms with E-state index in [2.05, 4.69) is 8.37 Å². The summed E-state index contributed by atoms with van der Waals surface area (Å²) in [6, 6.07) is -0.852. The number of hydrogen-bond donors (Lipinski definition) is 11. The van der Waals surface area contributed by atoms with Crippen molar-refractivity contribution in [1.82, 2.24) is 0 Å². The van der Waals surface area contributed by atoms with Crippen LogP contribution in [-0.2, 0) is 60.7 Å². The van der Waals surface area contributed by atoms with Crippen molar-refractivity contribution in [3.63, 3.8) is 0 Å². The molecule has 0 unspecified atom stereocenters. The van der Waals surface area contributed by atoms with E-state index < -0.39 is 148 Å². The summed E-state index contributed by atoms with van der Waals surface area (Å²) in [5.41, 5.74) is 0. The van der Waals surface area contributed by atoms with Gasteiger partial charge in [0.15, 0.2) is 65.6 Å². The number of rotatable bonds is 10. The summed E-state index contributed by atoms with van der Waals surface area (Å²) < 4.78 is 192. The van der Waals surface area contributed by atoms with Gasteiger partial charge in [0.2, 0.25) is 0 Å². The van der Waals surface area contributed by atoms with Crippen LogP contribution in [0.1, 0.15) is 0 Å². The first-order valence-corrected chi connectivity index (χ1v) is 19.6. The lowest BCUT2D eigenvalue weighted by Gasteiger charge is -2.18. The van der Waals surface area contributed by atoms with Gasteiger partial charge >= 0.3 is 40.5 Å². The predicted octanol–water partition coefficient (Wildman–Crippen LogP) is -1.85. The Hall–Kier alpha value is -4.60. The SMILES string of the molecule is O=S(=O)(O)c1cc(O)c(O)c(S(=O)(=O)O)c1OS(=O)(=O)c1cc(O)c(S(=O)(=O)Oc2c(S(=O)(=O)O)cc(O)c(O)c2S(=O)(=O)O)c(O)c1O. The Morgan fingerprint density at radius 2 is 0.694 bits per heavy atom. The van der Waals surface area contributed by atoms with Crippen LogP contribution in [0.5, 0.6) is 51.7 Å². The number of phenols is 7. The minimum absolute atomic E-state index is 0.213. The van der Waals surface area contributed by atoms with Crippen molar-refractivity contribution in [3.8, 4) is 51.7 Å². The molecule has 25 nitrogen and oxygen atoms in total. The van der Waals surface area contributed by atoms with Crippen LogP contribution in [0.25, 0.3) is 0 Å². The molecule has 0 spiro atoms. The quantitative estimate of drug-likeness (QED) is 0.0462. The van der Waals surface area contributed by atoms with Crippen molar-refractivity contribution in [2.75, 3.05) is 0 Å². The maximum atomic E-state index is 13.0. The molecule has 0 saturated carbocycles. The number of benzene rings is 3. The molecular weight excluding hydrogens is 809 g/mol. The largest absolute Gasteiger partial charge is 0.506 e. The van der Waals surface area contributed by atoms with Crippen molar-refractivity contribution >= 4 is 60.7 Å². The first-order valence-electron chi connectivity index (χ1n) is 11.0. The molecule has 0 aliphatic heterocycles. The third kappa shape index (κ3) is 7.23. The number of phenolic OH excluding ortho intramolecular Hbond substituents is 7. The third-order valence-electron chi connectivity index (χ3n) is 5.46. The van der Waals surface area contributed by atoms with E-state index in [1.165, 1.54) is 0 Å². The van der Waals surface area contributed by atoms with Crippen molar-refractivity contribution in [2.45, 2.75) is 29.4 Å². The van der Waals surface area contributed by atoms with E-state index in [1.807, 2.05) is 0 Å². The fraction of sp³-hybridized carbons (Fsp3) is 0. The van der Waals surface area contributed by atoms with Gasteiger partial charge in [-0.25, -0.2) is 0 Å². The molecule has 49 heavy (non-hydrogen) atoms. The van der Waals surface area contributed by atoms with Crippen LogP contribution in [0.3, 0.4) is 0 Å². The number of hydrogen-bond acceptors (Lipinski definition) is 21. The van der Waals surface area contributed by atoms with Gasteiger partial charge in [0.05, 0.1) is 0 Å². The predicted molar refractivity (Wildman–Crippen MR) is 146 cm³/mol. The van der Waals surface area contributed by atoms with Crippen LogP contribution >= 0.6 is 0 Å². The highest BCUT2D eigenvalue weighted by molar-refractivity contribution is 7.89. The van der Waals surface area contributed by atoms with Crippen molar-refractivity contribution in [1.29, 1.82) is 0 Å². The molecule has 3 aromatic carbocycles. The van der Waals surface area contributed by atoms with Gasteiger partial charge in [-0.2, -0.15) is 50.5 Å². The lowest BCUT2D eigenvalue weighted by atomic mass is 10.3. The Morgan fingerprint density at radius 1 is 0.367 bits per heavy atom. The second-order valence-electron chi connectivity index (χ2n) is 8.70. The van der Waals surface area contributed by atoms with Crippen LogP contribution in [0, 0.1) is 0 Å². The highest BCUT2D eigenvalue weighted by atomic mass is 32.2. The van der Waals surface area contributed by atoms with Gasteiger partial charge in [0.1, 0.15) is 15.5 Å². The standard InChI is InChI=1S/C18H14O25S6/c19-4-1-8(44(26,27)28)14(17(10(4)22)46(32,33)34)42-48(38,39)7-3-6(21)16(13(25)12(7)24)49(40,41)43-15-9(45(29,30)31)2-5(20)11(23)18(15)47(35,36)37/h1-3,19-25H,(H,26,27,28)(H,29,30,31)(H,32,33,34)(H,35,36,37). The molecule has 0 radical (unpaired) electrons. The van der Waals surface area contributed by atoms with Gasteiger partial charge in [-0.05, 0) is 0 Å². The molecule has 0 heterocycles. The van der Waals surface area contributed by atoms with Gasteiger partial charge < -0.3 is 44.1 Å². The van der Waals surface area contributed by atoms with Crippen LogP contribution in [0.4, 0.5) is 0 Å². The zero-order chi connectivity index (χ0) is 38.2. The van der Waals surface area contributed by atoms with Crippen molar-refractivity contribution < 1.29 is 113 Å². The molecule has 0 aromatic heterocycles. The summed E-state index contributed by atoms with van der Waals surface area (Å²) in [5, 5.41) is 70.0. The molecule has 0 saturated heterocycles. The van der Waals surface area contributed by atoms with Gasteiger partial charge in [-0.1, -0.05) is 0 Å². The zero-order valence-electron chi connectivity index (χ0n) is 22.3. The van der Waals surface area contributed by atoms with E-state index in [1.54, 1.807) is 0 Å². The normalized spacial score (nSPS) is 13.2. The minimum Gasteiger partial charge on any atom is -0.506 e. The van der Waals surface area contributed by atoms with Gasteiger partial charge in [-0.15, -0.1) is 0 Å². The molecule has 3 aromatic rings. The van der Waals surface area contributed by atoms with E-state index >= 15 is 0 Å². The second-order valence-corrected chi connectivity index (χ2v) is 17.2.